The van der Waals surface area contributed by atoms with Crippen molar-refractivity contribution in [2.24, 2.45) is 10.7 Å². The average Bonchev–Trinajstić information content (AvgIpc) is 2.44. The molecule has 6 heteroatoms. The van der Waals surface area contributed by atoms with Gasteiger partial charge in [-0.2, -0.15) is 0 Å². The van der Waals surface area contributed by atoms with E-state index in [0.29, 0.717) is 18.5 Å². The molecule has 0 saturated heterocycles. The van der Waals surface area contributed by atoms with Gasteiger partial charge < -0.3 is 21.1 Å². The molecule has 23 heavy (non-hydrogen) atoms. The van der Waals surface area contributed by atoms with Gasteiger partial charge in [0.15, 0.2) is 5.96 Å². The van der Waals surface area contributed by atoms with Crippen molar-refractivity contribution in [2.75, 3.05) is 6.54 Å². The highest BCUT2D eigenvalue weighted by molar-refractivity contribution is 5.78. The maximum atomic E-state index is 11.9. The number of carbonyl (C=O) groups excluding carboxylic acids is 1. The number of ether oxygens (including phenoxy) is 1. The molecule has 1 aliphatic carbocycles. The first-order valence-electron chi connectivity index (χ1n) is 8.86. The van der Waals surface area contributed by atoms with Crippen molar-refractivity contribution in [3.63, 3.8) is 0 Å². The number of guanidine groups is 1. The van der Waals surface area contributed by atoms with E-state index in [4.69, 9.17) is 10.5 Å². The predicted octanol–water partition coefficient (Wildman–Crippen LogP) is 2.92. The number of hydrogen-bond donors (Lipinski definition) is 3. The summed E-state index contributed by atoms with van der Waals surface area (Å²) < 4.78 is 5.30. The van der Waals surface area contributed by atoms with Crippen molar-refractivity contribution in [1.82, 2.24) is 10.6 Å². The Morgan fingerprint density at radius 2 is 1.96 bits per heavy atom. The summed E-state index contributed by atoms with van der Waals surface area (Å²) in [5.41, 5.74) is 5.48. The van der Waals surface area contributed by atoms with E-state index in [1.807, 2.05) is 20.8 Å². The van der Waals surface area contributed by atoms with Gasteiger partial charge in [-0.25, -0.2) is 4.79 Å². The van der Waals surface area contributed by atoms with E-state index in [-0.39, 0.29) is 6.04 Å². The molecule has 1 rings (SSSR count). The van der Waals surface area contributed by atoms with Crippen molar-refractivity contribution < 1.29 is 9.53 Å². The van der Waals surface area contributed by atoms with E-state index < -0.39 is 11.7 Å². The molecule has 1 atom stereocenters. The number of nitrogens with zero attached hydrogens (tertiary/aromatic N) is 1. The van der Waals surface area contributed by atoms with E-state index in [1.54, 1.807) is 0 Å². The lowest BCUT2D eigenvalue weighted by Gasteiger charge is -2.24. The van der Waals surface area contributed by atoms with Gasteiger partial charge in [0.25, 0.3) is 0 Å². The van der Waals surface area contributed by atoms with Gasteiger partial charge in [0.1, 0.15) is 5.60 Å². The van der Waals surface area contributed by atoms with Crippen LogP contribution in [0.3, 0.4) is 0 Å². The summed E-state index contributed by atoms with van der Waals surface area (Å²) >= 11 is 0. The molecule has 0 bridgehead atoms. The van der Waals surface area contributed by atoms with Gasteiger partial charge in [-0.3, -0.25) is 4.99 Å². The zero-order valence-corrected chi connectivity index (χ0v) is 15.2. The third-order valence-electron chi connectivity index (χ3n) is 3.80. The molecule has 1 aliphatic rings. The number of hydrogen-bond acceptors (Lipinski definition) is 3. The molecule has 0 spiro atoms. The zero-order valence-electron chi connectivity index (χ0n) is 15.2. The Bertz CT molecular complexity index is 385. The Balaban J connectivity index is 2.44. The SMILES string of the molecule is CCCC(CN=C(N)NC1CCCCC1)NC(=O)OC(C)(C)C. The number of aliphatic imine (C=N–C) groups is 1. The lowest BCUT2D eigenvalue weighted by molar-refractivity contribution is 0.0503. The maximum Gasteiger partial charge on any atom is 0.407 e. The average molecular weight is 326 g/mol. The van der Waals surface area contributed by atoms with Crippen LogP contribution in [0.25, 0.3) is 0 Å². The molecule has 0 aromatic carbocycles. The maximum absolute atomic E-state index is 11.9. The Morgan fingerprint density at radius 3 is 2.52 bits per heavy atom. The molecule has 0 heterocycles. The third kappa shape index (κ3) is 9.31. The Morgan fingerprint density at radius 1 is 1.30 bits per heavy atom. The lowest BCUT2D eigenvalue weighted by Crippen LogP contribution is -2.43. The second-order valence-corrected chi connectivity index (χ2v) is 7.34. The normalized spacial score (nSPS) is 18.3. The van der Waals surface area contributed by atoms with Crippen molar-refractivity contribution in [3.05, 3.63) is 0 Å². The summed E-state index contributed by atoms with van der Waals surface area (Å²) in [5.74, 6) is 0.476. The summed E-state index contributed by atoms with van der Waals surface area (Å²) in [6, 6.07) is 0.387. The number of carbonyl (C=O) groups is 1. The summed E-state index contributed by atoms with van der Waals surface area (Å²) in [4.78, 5) is 16.3. The highest BCUT2D eigenvalue weighted by atomic mass is 16.6. The summed E-state index contributed by atoms with van der Waals surface area (Å²) in [6.07, 6.45) is 7.55. The van der Waals surface area contributed by atoms with Crippen LogP contribution in [-0.2, 0) is 4.74 Å². The second-order valence-electron chi connectivity index (χ2n) is 7.34. The third-order valence-corrected chi connectivity index (χ3v) is 3.80. The van der Waals surface area contributed by atoms with Gasteiger partial charge in [-0.1, -0.05) is 32.6 Å². The van der Waals surface area contributed by atoms with Crippen molar-refractivity contribution in [1.29, 1.82) is 0 Å². The molecule has 1 unspecified atom stereocenters. The fourth-order valence-electron chi connectivity index (χ4n) is 2.74. The van der Waals surface area contributed by atoms with E-state index in [9.17, 15) is 4.79 Å². The number of nitrogens with two attached hydrogens (primary N) is 1. The molecule has 0 aromatic rings. The predicted molar refractivity (Wildman–Crippen MR) is 94.6 cm³/mol. The quantitative estimate of drug-likeness (QED) is 0.517. The Labute approximate surface area is 140 Å². The van der Waals surface area contributed by atoms with Crippen molar-refractivity contribution >= 4 is 12.1 Å². The van der Waals surface area contributed by atoms with Crippen LogP contribution >= 0.6 is 0 Å². The molecule has 1 saturated carbocycles. The Kier molecular flexibility index (Phi) is 8.20. The summed E-state index contributed by atoms with van der Waals surface area (Å²) in [5, 5.41) is 6.17. The van der Waals surface area contributed by atoms with Crippen LogP contribution < -0.4 is 16.4 Å². The highest BCUT2D eigenvalue weighted by Gasteiger charge is 2.19. The van der Waals surface area contributed by atoms with Gasteiger partial charge in [0, 0.05) is 6.04 Å². The van der Waals surface area contributed by atoms with Crippen LogP contribution in [0.15, 0.2) is 4.99 Å². The number of rotatable bonds is 6. The topological polar surface area (TPSA) is 88.7 Å². The molecule has 0 aliphatic heterocycles. The van der Waals surface area contributed by atoms with Gasteiger partial charge >= 0.3 is 6.09 Å². The van der Waals surface area contributed by atoms with E-state index in [0.717, 1.165) is 25.7 Å². The number of amides is 1. The van der Waals surface area contributed by atoms with Gasteiger partial charge in [-0.15, -0.1) is 0 Å². The standard InChI is InChI=1S/C17H34N4O2/c1-5-9-14(21-16(22)23-17(2,3)4)12-19-15(18)20-13-10-7-6-8-11-13/h13-14H,5-12H2,1-4H3,(H,21,22)(H3,18,19,20). The van der Waals surface area contributed by atoms with Crippen LogP contribution in [0.4, 0.5) is 4.79 Å². The van der Waals surface area contributed by atoms with Crippen LogP contribution in [0.1, 0.15) is 72.6 Å². The smallest absolute Gasteiger partial charge is 0.407 e. The second kappa shape index (κ2) is 9.63. The minimum absolute atomic E-state index is 0.0541. The molecule has 4 N–H and O–H groups in total. The number of alkyl carbamates (subject to hydrolysis) is 1. The van der Waals surface area contributed by atoms with E-state index >= 15 is 0 Å². The van der Waals surface area contributed by atoms with Crippen LogP contribution in [-0.4, -0.2) is 36.3 Å². The van der Waals surface area contributed by atoms with Gasteiger partial charge in [0.05, 0.1) is 12.6 Å². The molecule has 0 aromatic heterocycles. The minimum Gasteiger partial charge on any atom is -0.444 e. The number of nitrogens with one attached hydrogen (secondary N) is 2. The van der Waals surface area contributed by atoms with Crippen molar-refractivity contribution in [2.45, 2.75) is 90.3 Å². The lowest BCUT2D eigenvalue weighted by atomic mass is 9.96. The Hall–Kier alpha value is -1.46. The monoisotopic (exact) mass is 326 g/mol. The molecular weight excluding hydrogens is 292 g/mol. The first-order chi connectivity index (χ1) is 10.8. The fraction of sp³-hybridized carbons (Fsp3) is 0.882. The first kappa shape index (κ1) is 19.6. The van der Waals surface area contributed by atoms with Crippen LogP contribution in [0.2, 0.25) is 0 Å². The summed E-state index contributed by atoms with van der Waals surface area (Å²) in [7, 11) is 0. The van der Waals surface area contributed by atoms with E-state index in [1.165, 1.54) is 19.3 Å². The summed E-state index contributed by atoms with van der Waals surface area (Å²) in [6.45, 7) is 8.11. The highest BCUT2D eigenvalue weighted by Crippen LogP contribution is 2.17. The molecule has 6 nitrogen and oxygen atoms in total. The molecule has 0 radical (unpaired) electrons. The molecule has 1 fully saturated rings. The largest absolute Gasteiger partial charge is 0.444 e. The van der Waals surface area contributed by atoms with E-state index in [2.05, 4.69) is 22.5 Å². The minimum atomic E-state index is -0.494. The fourth-order valence-corrected chi connectivity index (χ4v) is 2.74. The van der Waals surface area contributed by atoms with Crippen LogP contribution in [0.5, 0.6) is 0 Å². The zero-order chi connectivity index (χ0) is 17.3. The van der Waals surface area contributed by atoms with Crippen LogP contribution in [0, 0.1) is 0 Å². The van der Waals surface area contributed by atoms with Gasteiger partial charge in [-0.05, 0) is 40.0 Å². The first-order valence-corrected chi connectivity index (χ1v) is 8.86. The molecule has 1 amide bonds. The molecular formula is C17H34N4O2. The van der Waals surface area contributed by atoms with Gasteiger partial charge in [0.2, 0.25) is 0 Å². The molecule has 134 valence electrons. The van der Waals surface area contributed by atoms with Crippen molar-refractivity contribution in [3.8, 4) is 0 Å².